The topological polar surface area (TPSA) is 66.5 Å². The molecule has 0 saturated carbocycles. The third kappa shape index (κ3) is 3.88. The van der Waals surface area contributed by atoms with E-state index in [0.29, 0.717) is 17.1 Å². The minimum absolute atomic E-state index is 0.0596. The number of hydrogen-bond acceptors (Lipinski definition) is 3. The molecule has 0 saturated heterocycles. The molecule has 2 aromatic rings. The molecule has 3 rings (SSSR count). The summed E-state index contributed by atoms with van der Waals surface area (Å²) < 4.78 is 0. The minimum atomic E-state index is -0.342. The first-order valence-corrected chi connectivity index (χ1v) is 8.37. The molecule has 25 heavy (non-hydrogen) atoms. The minimum Gasteiger partial charge on any atom is -0.352 e. The summed E-state index contributed by atoms with van der Waals surface area (Å²) in [5.74, 6) is -0.854. The zero-order chi connectivity index (χ0) is 17.8. The molecule has 6 heteroatoms. The Balaban J connectivity index is 1.56. The first kappa shape index (κ1) is 17.2. The molecule has 0 aliphatic carbocycles. The van der Waals surface area contributed by atoms with Gasteiger partial charge in [0.2, 0.25) is 11.8 Å². The van der Waals surface area contributed by atoms with E-state index in [4.69, 9.17) is 11.6 Å². The fourth-order valence-corrected chi connectivity index (χ4v) is 2.97. The van der Waals surface area contributed by atoms with Crippen LogP contribution in [0.15, 0.2) is 48.5 Å². The smallest absolute Gasteiger partial charge is 0.260 e. The molecule has 1 heterocycles. The van der Waals surface area contributed by atoms with Crippen molar-refractivity contribution in [1.29, 1.82) is 0 Å². The first-order chi connectivity index (χ1) is 12.1. The number of hydrogen-bond donors (Lipinski definition) is 1. The molecule has 0 unspecified atom stereocenters. The average molecular weight is 357 g/mol. The van der Waals surface area contributed by atoms with Gasteiger partial charge in [-0.05, 0) is 23.3 Å². The van der Waals surface area contributed by atoms with Gasteiger partial charge in [-0.15, -0.1) is 0 Å². The molecular weight excluding hydrogens is 340 g/mol. The van der Waals surface area contributed by atoms with Crippen LogP contribution in [0.4, 0.5) is 0 Å². The van der Waals surface area contributed by atoms with Gasteiger partial charge in [0.15, 0.2) is 0 Å². The molecule has 0 atom stereocenters. The van der Waals surface area contributed by atoms with E-state index in [0.717, 1.165) is 16.0 Å². The lowest BCUT2D eigenvalue weighted by molar-refractivity contribution is -0.129. The van der Waals surface area contributed by atoms with Crippen molar-refractivity contribution < 1.29 is 14.4 Å². The van der Waals surface area contributed by atoms with E-state index in [2.05, 4.69) is 5.32 Å². The molecule has 1 N–H and O–H groups in total. The Hall–Kier alpha value is -2.66. The quantitative estimate of drug-likeness (QED) is 0.837. The monoisotopic (exact) mass is 356 g/mol. The Morgan fingerprint density at radius 1 is 1.08 bits per heavy atom. The number of fused-ring (bicyclic) bond motifs is 1. The van der Waals surface area contributed by atoms with Crippen LogP contribution in [-0.2, 0) is 22.6 Å². The Morgan fingerprint density at radius 3 is 2.60 bits per heavy atom. The summed E-state index contributed by atoms with van der Waals surface area (Å²) >= 11 is 6.04. The molecule has 5 nitrogen and oxygen atoms in total. The molecule has 1 aliphatic heterocycles. The fraction of sp³-hybridized carbons (Fsp3) is 0.211. The van der Waals surface area contributed by atoms with E-state index in [1.165, 1.54) is 0 Å². The zero-order valence-corrected chi connectivity index (χ0v) is 14.3. The number of carbonyl (C=O) groups is 3. The zero-order valence-electron chi connectivity index (χ0n) is 13.5. The van der Waals surface area contributed by atoms with Crippen molar-refractivity contribution in [2.24, 2.45) is 0 Å². The third-order valence-electron chi connectivity index (χ3n) is 4.13. The average Bonchev–Trinajstić information content (AvgIpc) is 2.61. The predicted octanol–water partition coefficient (Wildman–Crippen LogP) is 2.57. The SMILES string of the molecule is O=C(CCN1C(=O)Cc2ccccc2C1=O)NCc1ccccc1Cl. The summed E-state index contributed by atoms with van der Waals surface area (Å²) in [5.41, 5.74) is 2.08. The summed E-state index contributed by atoms with van der Waals surface area (Å²) in [7, 11) is 0. The number of carbonyl (C=O) groups excluding carboxylic acids is 3. The Labute approximate surface area is 150 Å². The second-order valence-electron chi connectivity index (χ2n) is 5.80. The van der Waals surface area contributed by atoms with Crippen molar-refractivity contribution in [2.75, 3.05) is 6.54 Å². The number of halogens is 1. The number of imide groups is 1. The van der Waals surface area contributed by atoms with E-state index in [9.17, 15) is 14.4 Å². The van der Waals surface area contributed by atoms with Crippen LogP contribution >= 0.6 is 11.6 Å². The van der Waals surface area contributed by atoms with Crippen LogP contribution in [0.25, 0.3) is 0 Å². The second-order valence-corrected chi connectivity index (χ2v) is 6.21. The first-order valence-electron chi connectivity index (χ1n) is 7.99. The van der Waals surface area contributed by atoms with Crippen molar-refractivity contribution in [3.8, 4) is 0 Å². The van der Waals surface area contributed by atoms with E-state index in [1.807, 2.05) is 18.2 Å². The van der Waals surface area contributed by atoms with Gasteiger partial charge in [0.1, 0.15) is 0 Å². The van der Waals surface area contributed by atoms with Crippen molar-refractivity contribution in [2.45, 2.75) is 19.4 Å². The second kappa shape index (κ2) is 7.49. The van der Waals surface area contributed by atoms with Gasteiger partial charge in [-0.1, -0.05) is 48.0 Å². The maximum absolute atomic E-state index is 12.4. The van der Waals surface area contributed by atoms with Crippen molar-refractivity contribution >= 4 is 29.3 Å². The number of amides is 3. The lowest BCUT2D eigenvalue weighted by Crippen LogP contribution is -2.44. The maximum atomic E-state index is 12.4. The van der Waals surface area contributed by atoms with Crippen molar-refractivity contribution in [1.82, 2.24) is 10.2 Å². The van der Waals surface area contributed by atoms with E-state index in [1.54, 1.807) is 30.3 Å². The molecule has 0 spiro atoms. The lowest BCUT2D eigenvalue weighted by atomic mass is 9.98. The highest BCUT2D eigenvalue weighted by molar-refractivity contribution is 6.31. The highest BCUT2D eigenvalue weighted by Gasteiger charge is 2.30. The Bertz CT molecular complexity index is 835. The van der Waals surface area contributed by atoms with Crippen molar-refractivity contribution in [3.05, 3.63) is 70.2 Å². The fourth-order valence-electron chi connectivity index (χ4n) is 2.76. The Morgan fingerprint density at radius 2 is 1.80 bits per heavy atom. The van der Waals surface area contributed by atoms with Gasteiger partial charge in [-0.25, -0.2) is 0 Å². The molecule has 1 aliphatic rings. The molecule has 0 fully saturated rings. The van der Waals surface area contributed by atoms with Crippen LogP contribution in [0.1, 0.15) is 27.9 Å². The van der Waals surface area contributed by atoms with Crippen LogP contribution in [0, 0.1) is 0 Å². The largest absolute Gasteiger partial charge is 0.352 e. The highest BCUT2D eigenvalue weighted by atomic mass is 35.5. The van der Waals surface area contributed by atoms with Gasteiger partial charge in [0.25, 0.3) is 5.91 Å². The molecule has 2 aromatic carbocycles. The van der Waals surface area contributed by atoms with Crippen molar-refractivity contribution in [3.63, 3.8) is 0 Å². The van der Waals surface area contributed by atoms with Gasteiger partial charge < -0.3 is 5.32 Å². The number of nitrogens with zero attached hydrogens (tertiary/aromatic N) is 1. The van der Waals surface area contributed by atoms with E-state index in [-0.39, 0.29) is 37.1 Å². The summed E-state index contributed by atoms with van der Waals surface area (Å²) in [6.45, 7) is 0.379. The van der Waals surface area contributed by atoms with Gasteiger partial charge in [0, 0.05) is 30.1 Å². The summed E-state index contributed by atoms with van der Waals surface area (Å²) in [6, 6.07) is 14.3. The molecular formula is C19H17ClN2O3. The van der Waals surface area contributed by atoms with Crippen LogP contribution in [0.5, 0.6) is 0 Å². The Kier molecular flexibility index (Phi) is 5.14. The number of rotatable bonds is 5. The van der Waals surface area contributed by atoms with E-state index >= 15 is 0 Å². The molecule has 128 valence electrons. The maximum Gasteiger partial charge on any atom is 0.260 e. The standard InChI is InChI=1S/C19H17ClN2O3/c20-16-8-4-2-6-14(16)12-21-17(23)9-10-22-18(24)11-13-5-1-3-7-15(13)19(22)25/h1-8H,9-12H2,(H,21,23). The summed E-state index contributed by atoms with van der Waals surface area (Å²) in [4.78, 5) is 37.8. The van der Waals surface area contributed by atoms with Gasteiger partial charge in [-0.3, -0.25) is 19.3 Å². The highest BCUT2D eigenvalue weighted by Crippen LogP contribution is 2.19. The molecule has 0 aromatic heterocycles. The number of nitrogens with one attached hydrogen (secondary N) is 1. The number of benzene rings is 2. The van der Waals surface area contributed by atoms with Crippen LogP contribution in [-0.4, -0.2) is 29.2 Å². The van der Waals surface area contributed by atoms with Gasteiger partial charge in [-0.2, -0.15) is 0 Å². The molecule has 0 radical (unpaired) electrons. The lowest BCUT2D eigenvalue weighted by Gasteiger charge is -2.26. The normalized spacial score (nSPS) is 13.6. The summed E-state index contributed by atoms with van der Waals surface area (Å²) in [6.07, 6.45) is 0.243. The molecule has 0 bridgehead atoms. The predicted molar refractivity (Wildman–Crippen MR) is 94.1 cm³/mol. The van der Waals surface area contributed by atoms with Crippen LogP contribution in [0.3, 0.4) is 0 Å². The molecule has 3 amide bonds. The van der Waals surface area contributed by atoms with Crippen LogP contribution < -0.4 is 5.32 Å². The van der Waals surface area contributed by atoms with Gasteiger partial charge in [0.05, 0.1) is 6.42 Å². The third-order valence-corrected chi connectivity index (χ3v) is 4.50. The van der Waals surface area contributed by atoms with E-state index < -0.39 is 0 Å². The van der Waals surface area contributed by atoms with Crippen LogP contribution in [0.2, 0.25) is 5.02 Å². The summed E-state index contributed by atoms with van der Waals surface area (Å²) in [5, 5.41) is 3.34. The van der Waals surface area contributed by atoms with Gasteiger partial charge >= 0.3 is 0 Å².